The topological polar surface area (TPSA) is 40.6 Å². The van der Waals surface area contributed by atoms with E-state index in [-0.39, 0.29) is 0 Å². The summed E-state index contributed by atoms with van der Waals surface area (Å²) in [6, 6.07) is 7.50. The van der Waals surface area contributed by atoms with Crippen molar-refractivity contribution < 1.29 is 8.42 Å². The molecule has 0 saturated carbocycles. The van der Waals surface area contributed by atoms with Gasteiger partial charge in [0.1, 0.15) is 0 Å². The van der Waals surface area contributed by atoms with Gasteiger partial charge in [-0.1, -0.05) is 12.1 Å². The van der Waals surface area contributed by atoms with Crippen molar-refractivity contribution >= 4 is 21.6 Å². The fourth-order valence-corrected chi connectivity index (χ4v) is 4.22. The number of benzene rings is 1. The predicted octanol–water partition coefficient (Wildman–Crippen LogP) is 2.18. The molecular formula is C15H23ClN2O2S. The maximum absolute atomic E-state index is 12.6. The van der Waals surface area contributed by atoms with Crippen LogP contribution in [0, 0.1) is 0 Å². The minimum Gasteiger partial charge on any atom is -0.305 e. The van der Waals surface area contributed by atoms with Gasteiger partial charge in [0.05, 0.1) is 4.90 Å². The Morgan fingerprint density at radius 2 is 1.95 bits per heavy atom. The summed E-state index contributed by atoms with van der Waals surface area (Å²) in [6.07, 6.45) is 2.68. The van der Waals surface area contributed by atoms with Gasteiger partial charge in [0.25, 0.3) is 0 Å². The van der Waals surface area contributed by atoms with Gasteiger partial charge in [-0.15, -0.1) is 11.6 Å². The zero-order valence-electron chi connectivity index (χ0n) is 12.6. The second-order valence-electron chi connectivity index (χ2n) is 5.71. The molecule has 1 aromatic rings. The molecule has 0 aromatic heterocycles. The number of alkyl halides is 1. The Morgan fingerprint density at radius 3 is 2.48 bits per heavy atom. The lowest BCUT2D eigenvalue weighted by Gasteiger charge is -2.20. The molecule has 0 N–H and O–H groups in total. The van der Waals surface area contributed by atoms with Crippen LogP contribution in [0.25, 0.3) is 0 Å². The fourth-order valence-electron chi connectivity index (χ4n) is 2.60. The van der Waals surface area contributed by atoms with Gasteiger partial charge in [-0.25, -0.2) is 8.42 Å². The first-order chi connectivity index (χ1) is 9.95. The third kappa shape index (κ3) is 3.97. The summed E-state index contributed by atoms with van der Waals surface area (Å²) in [5, 5.41) is 0. The van der Waals surface area contributed by atoms with Crippen molar-refractivity contribution in [1.82, 2.24) is 9.21 Å². The highest BCUT2D eigenvalue weighted by atomic mass is 35.5. The van der Waals surface area contributed by atoms with Gasteiger partial charge < -0.3 is 4.90 Å². The molecule has 1 aromatic carbocycles. The minimum absolute atomic E-state index is 0.308. The molecule has 6 heteroatoms. The molecule has 1 saturated heterocycles. The molecule has 1 unspecified atom stereocenters. The van der Waals surface area contributed by atoms with E-state index in [2.05, 4.69) is 4.90 Å². The van der Waals surface area contributed by atoms with Crippen LogP contribution in [0.2, 0.25) is 0 Å². The van der Waals surface area contributed by atoms with Crippen LogP contribution in [0.5, 0.6) is 0 Å². The summed E-state index contributed by atoms with van der Waals surface area (Å²) in [5.74, 6) is 0.625. The van der Waals surface area contributed by atoms with Crippen LogP contribution in [0.15, 0.2) is 29.2 Å². The molecule has 21 heavy (non-hydrogen) atoms. The smallest absolute Gasteiger partial charge is 0.243 e. The van der Waals surface area contributed by atoms with E-state index in [4.69, 9.17) is 11.6 Å². The van der Waals surface area contributed by atoms with E-state index in [1.54, 1.807) is 16.4 Å². The molecule has 0 amide bonds. The van der Waals surface area contributed by atoms with Crippen LogP contribution >= 0.6 is 11.6 Å². The first-order valence-electron chi connectivity index (χ1n) is 7.26. The summed E-state index contributed by atoms with van der Waals surface area (Å²) in [6.45, 7) is 1.17. The highest BCUT2D eigenvalue weighted by Crippen LogP contribution is 2.23. The second-order valence-corrected chi connectivity index (χ2v) is 8.02. The maximum Gasteiger partial charge on any atom is 0.243 e. The van der Waals surface area contributed by atoms with Crippen molar-refractivity contribution in [3.05, 3.63) is 29.8 Å². The Balaban J connectivity index is 2.09. The Kier molecular flexibility index (Phi) is 5.66. The first-order valence-corrected chi connectivity index (χ1v) is 9.24. The minimum atomic E-state index is -3.36. The molecule has 4 nitrogen and oxygen atoms in total. The van der Waals surface area contributed by atoms with E-state index in [1.807, 2.05) is 26.2 Å². The Bertz CT molecular complexity index is 558. The summed E-state index contributed by atoms with van der Waals surface area (Å²) < 4.78 is 26.8. The molecule has 1 aliphatic heterocycles. The zero-order chi connectivity index (χ0) is 15.5. The van der Waals surface area contributed by atoms with Crippen LogP contribution in [-0.2, 0) is 16.4 Å². The zero-order valence-corrected chi connectivity index (χ0v) is 14.2. The molecule has 1 atom stereocenters. The number of likely N-dealkylation sites (N-methyl/N-ethyl adjacent to an activating group) is 1. The van der Waals surface area contributed by atoms with Crippen LogP contribution < -0.4 is 0 Å². The van der Waals surface area contributed by atoms with Gasteiger partial charge in [0.2, 0.25) is 10.0 Å². The number of rotatable bonds is 6. The number of halogens is 1. The van der Waals surface area contributed by atoms with Crippen molar-refractivity contribution in [3.63, 3.8) is 0 Å². The van der Waals surface area contributed by atoms with E-state index in [1.165, 1.54) is 0 Å². The van der Waals surface area contributed by atoms with Crippen molar-refractivity contribution in [2.75, 3.05) is 33.1 Å². The summed E-state index contributed by atoms with van der Waals surface area (Å²) >= 11 is 5.67. The average molecular weight is 331 g/mol. The van der Waals surface area contributed by atoms with Crippen LogP contribution in [-0.4, -0.2) is 56.7 Å². The normalized spacial score (nSPS) is 20.3. The standard InChI is InChI=1S/C15H23ClN2O2S/c1-17(2)14-9-11-18(12-14)21(19,20)15-7-5-13(6-8-15)4-3-10-16/h5-8,14H,3-4,9-12H2,1-2H3. The number of aryl methyl sites for hydroxylation is 1. The second kappa shape index (κ2) is 7.09. The van der Waals surface area contributed by atoms with Gasteiger partial charge in [-0.05, 0) is 51.1 Å². The van der Waals surface area contributed by atoms with E-state index < -0.39 is 10.0 Å². The summed E-state index contributed by atoms with van der Waals surface area (Å²) in [5.41, 5.74) is 1.13. The lowest BCUT2D eigenvalue weighted by Crippen LogP contribution is -2.34. The van der Waals surface area contributed by atoms with Crippen LogP contribution in [0.4, 0.5) is 0 Å². The number of hydrogen-bond acceptors (Lipinski definition) is 3. The van der Waals surface area contributed by atoms with E-state index in [0.29, 0.717) is 29.9 Å². The molecule has 0 radical (unpaired) electrons. The van der Waals surface area contributed by atoms with Crippen molar-refractivity contribution in [2.24, 2.45) is 0 Å². The Hall–Kier alpha value is -0.620. The van der Waals surface area contributed by atoms with E-state index in [0.717, 1.165) is 24.8 Å². The van der Waals surface area contributed by atoms with Crippen LogP contribution in [0.3, 0.4) is 0 Å². The highest BCUT2D eigenvalue weighted by molar-refractivity contribution is 7.89. The molecule has 1 fully saturated rings. The van der Waals surface area contributed by atoms with Crippen LogP contribution in [0.1, 0.15) is 18.4 Å². The Labute approximate surface area is 132 Å². The summed E-state index contributed by atoms with van der Waals surface area (Å²) in [7, 11) is 0.623. The van der Waals surface area contributed by atoms with Gasteiger partial charge in [-0.2, -0.15) is 4.31 Å². The van der Waals surface area contributed by atoms with Crippen molar-refractivity contribution in [3.8, 4) is 0 Å². The monoisotopic (exact) mass is 330 g/mol. The quantitative estimate of drug-likeness (QED) is 0.751. The number of hydrogen-bond donors (Lipinski definition) is 0. The number of nitrogens with zero attached hydrogens (tertiary/aromatic N) is 2. The Morgan fingerprint density at radius 1 is 1.29 bits per heavy atom. The highest BCUT2D eigenvalue weighted by Gasteiger charge is 2.33. The third-order valence-corrected chi connectivity index (χ3v) is 6.16. The molecule has 1 heterocycles. The molecule has 0 bridgehead atoms. The van der Waals surface area contributed by atoms with Crippen molar-refractivity contribution in [1.29, 1.82) is 0 Å². The molecule has 1 aliphatic rings. The maximum atomic E-state index is 12.6. The van der Waals surface area contributed by atoms with E-state index in [9.17, 15) is 8.42 Å². The summed E-state index contributed by atoms with van der Waals surface area (Å²) in [4.78, 5) is 2.47. The molecule has 0 spiro atoms. The third-order valence-electron chi connectivity index (χ3n) is 4.02. The van der Waals surface area contributed by atoms with Crippen molar-refractivity contribution in [2.45, 2.75) is 30.2 Å². The molecule has 118 valence electrons. The number of sulfonamides is 1. The van der Waals surface area contributed by atoms with Gasteiger partial charge >= 0.3 is 0 Å². The largest absolute Gasteiger partial charge is 0.305 e. The first kappa shape index (κ1) is 16.7. The van der Waals surface area contributed by atoms with Gasteiger partial charge in [-0.3, -0.25) is 0 Å². The lowest BCUT2D eigenvalue weighted by molar-refractivity contribution is 0.302. The molecule has 2 rings (SSSR count). The fraction of sp³-hybridized carbons (Fsp3) is 0.600. The predicted molar refractivity (Wildman–Crippen MR) is 86.3 cm³/mol. The van der Waals surface area contributed by atoms with Gasteiger partial charge in [0.15, 0.2) is 0 Å². The lowest BCUT2D eigenvalue weighted by atomic mass is 10.1. The average Bonchev–Trinajstić information content (AvgIpc) is 2.96. The molecular weight excluding hydrogens is 308 g/mol. The molecule has 0 aliphatic carbocycles. The SMILES string of the molecule is CN(C)C1CCN(S(=O)(=O)c2ccc(CCCCl)cc2)C1. The van der Waals surface area contributed by atoms with E-state index >= 15 is 0 Å². The van der Waals surface area contributed by atoms with Gasteiger partial charge in [0, 0.05) is 25.0 Å².